The van der Waals surface area contributed by atoms with E-state index in [0.29, 0.717) is 6.42 Å². The van der Waals surface area contributed by atoms with Gasteiger partial charge in [-0.05, 0) is 25.1 Å². The molecule has 1 saturated heterocycles. The van der Waals surface area contributed by atoms with Crippen LogP contribution in [0.5, 0.6) is 0 Å². The lowest BCUT2D eigenvalue weighted by Crippen LogP contribution is -2.66. The number of β-lactam (4-membered cyclic amide) rings is 1. The van der Waals surface area contributed by atoms with Crippen LogP contribution in [0.3, 0.4) is 0 Å². The second-order valence-corrected chi connectivity index (χ2v) is 12.2. The molecule has 0 aromatic carbocycles. The Bertz CT molecular complexity index is 489. The lowest BCUT2D eigenvalue weighted by atomic mass is 9.81. The minimum Gasteiger partial charge on any atom is -0.480 e. The van der Waals surface area contributed by atoms with Gasteiger partial charge in [-0.1, -0.05) is 20.8 Å². The molecule has 1 heterocycles. The zero-order valence-electron chi connectivity index (χ0n) is 14.3. The molecular weight excluding hydrogens is 298 g/mol. The van der Waals surface area contributed by atoms with Crippen molar-refractivity contribution in [2.24, 2.45) is 5.92 Å². The van der Waals surface area contributed by atoms with E-state index < -0.39 is 14.3 Å². The third-order valence-corrected chi connectivity index (χ3v) is 9.38. The number of terminal acetylenes is 1. The van der Waals surface area contributed by atoms with Crippen molar-refractivity contribution >= 4 is 20.2 Å². The van der Waals surface area contributed by atoms with Gasteiger partial charge in [-0.3, -0.25) is 9.59 Å². The molecule has 0 aromatic rings. The lowest BCUT2D eigenvalue weighted by Gasteiger charge is -2.50. The summed E-state index contributed by atoms with van der Waals surface area (Å²) in [7, 11) is -1.99. The van der Waals surface area contributed by atoms with E-state index in [0.717, 1.165) is 0 Å². The molecule has 22 heavy (non-hydrogen) atoms. The van der Waals surface area contributed by atoms with Crippen molar-refractivity contribution in [1.29, 1.82) is 0 Å². The SMILES string of the molecule is C#CCC1C(C(C)O[Si](C)(C)C(C)(C)C)C(=O)N1CC(=O)O. The van der Waals surface area contributed by atoms with Crippen LogP contribution in [0.2, 0.25) is 18.1 Å². The van der Waals surface area contributed by atoms with Gasteiger partial charge in [0.05, 0.1) is 18.1 Å². The van der Waals surface area contributed by atoms with Gasteiger partial charge in [0.1, 0.15) is 6.54 Å². The van der Waals surface area contributed by atoms with Crippen LogP contribution in [-0.4, -0.2) is 48.9 Å². The average molecular weight is 325 g/mol. The van der Waals surface area contributed by atoms with Crippen molar-refractivity contribution in [2.45, 2.75) is 64.4 Å². The van der Waals surface area contributed by atoms with Gasteiger partial charge in [0.15, 0.2) is 8.32 Å². The van der Waals surface area contributed by atoms with Gasteiger partial charge in [-0.25, -0.2) is 0 Å². The molecule has 1 N–H and O–H groups in total. The number of likely N-dealkylation sites (tertiary alicyclic amines) is 1. The van der Waals surface area contributed by atoms with Gasteiger partial charge in [0.25, 0.3) is 0 Å². The number of aliphatic carboxylic acids is 1. The molecule has 1 fully saturated rings. The van der Waals surface area contributed by atoms with E-state index in [1.807, 2.05) is 6.92 Å². The van der Waals surface area contributed by atoms with Gasteiger partial charge < -0.3 is 14.4 Å². The molecule has 124 valence electrons. The summed E-state index contributed by atoms with van der Waals surface area (Å²) in [4.78, 5) is 24.5. The number of carbonyl (C=O) groups is 2. The fourth-order valence-electron chi connectivity index (χ4n) is 2.56. The third-order valence-electron chi connectivity index (χ3n) is 4.81. The smallest absolute Gasteiger partial charge is 0.323 e. The van der Waals surface area contributed by atoms with Crippen LogP contribution in [0.1, 0.15) is 34.1 Å². The van der Waals surface area contributed by atoms with Crippen molar-refractivity contribution < 1.29 is 19.1 Å². The third kappa shape index (κ3) is 3.71. The van der Waals surface area contributed by atoms with E-state index in [4.69, 9.17) is 16.0 Å². The topological polar surface area (TPSA) is 66.8 Å². The molecule has 0 bridgehead atoms. The normalized spacial score (nSPS) is 23.7. The monoisotopic (exact) mass is 325 g/mol. The number of rotatable bonds is 6. The van der Waals surface area contributed by atoms with Crippen LogP contribution in [-0.2, 0) is 14.0 Å². The van der Waals surface area contributed by atoms with E-state index >= 15 is 0 Å². The lowest BCUT2D eigenvalue weighted by molar-refractivity contribution is -0.168. The van der Waals surface area contributed by atoms with Crippen molar-refractivity contribution in [3.8, 4) is 12.3 Å². The number of carboxylic acids is 1. The number of amides is 1. The standard InChI is InChI=1S/C16H27NO4Si/c1-8-9-12-14(15(20)17(12)10-13(18)19)11(2)21-22(6,7)16(3,4)5/h1,11-12,14H,9-10H2,2-7H3,(H,18,19). The number of hydrogen-bond acceptors (Lipinski definition) is 3. The molecule has 5 nitrogen and oxygen atoms in total. The van der Waals surface area contributed by atoms with Crippen LogP contribution < -0.4 is 0 Å². The first-order chi connectivity index (χ1) is 9.92. The number of hydrogen-bond donors (Lipinski definition) is 1. The molecule has 1 aliphatic rings. The van der Waals surface area contributed by atoms with Gasteiger partial charge in [-0.15, -0.1) is 12.3 Å². The highest BCUT2D eigenvalue weighted by Gasteiger charge is 2.52. The van der Waals surface area contributed by atoms with Crippen molar-refractivity contribution in [2.75, 3.05) is 6.54 Å². The Kier molecular flexibility index (Phi) is 5.47. The number of carboxylic acid groups (broad SMARTS) is 1. The van der Waals surface area contributed by atoms with Gasteiger partial charge in [0.2, 0.25) is 5.91 Å². The highest BCUT2D eigenvalue weighted by atomic mass is 28.4. The predicted octanol–water partition coefficient (Wildman–Crippen LogP) is 2.33. The molecule has 1 aliphatic heterocycles. The van der Waals surface area contributed by atoms with Crippen molar-refractivity contribution in [3.05, 3.63) is 0 Å². The van der Waals surface area contributed by atoms with Crippen LogP contribution in [0.15, 0.2) is 0 Å². The van der Waals surface area contributed by atoms with Crippen LogP contribution in [0.4, 0.5) is 0 Å². The first kappa shape index (κ1) is 18.7. The average Bonchev–Trinajstić information content (AvgIpc) is 2.33. The first-order valence-corrected chi connectivity index (χ1v) is 10.5. The molecule has 0 aromatic heterocycles. The zero-order valence-corrected chi connectivity index (χ0v) is 15.3. The summed E-state index contributed by atoms with van der Waals surface area (Å²) in [5.41, 5.74) is 0. The second kappa shape index (κ2) is 6.43. The van der Waals surface area contributed by atoms with E-state index in [-0.39, 0.29) is 35.6 Å². The molecule has 3 unspecified atom stereocenters. The number of nitrogens with zero attached hydrogens (tertiary/aromatic N) is 1. The highest BCUT2D eigenvalue weighted by Crippen LogP contribution is 2.40. The van der Waals surface area contributed by atoms with Crippen molar-refractivity contribution in [3.63, 3.8) is 0 Å². The van der Waals surface area contributed by atoms with Crippen LogP contribution in [0.25, 0.3) is 0 Å². The minimum atomic E-state index is -1.99. The molecule has 0 aliphatic carbocycles. The zero-order chi connectivity index (χ0) is 17.3. The summed E-state index contributed by atoms with van der Waals surface area (Å²) >= 11 is 0. The maximum absolute atomic E-state index is 12.3. The molecular formula is C16H27NO4Si. The summed E-state index contributed by atoms with van der Waals surface area (Å²) in [5, 5.41) is 8.95. The Hall–Kier alpha value is -1.32. The summed E-state index contributed by atoms with van der Waals surface area (Å²) < 4.78 is 6.28. The molecule has 1 amide bonds. The fourth-order valence-corrected chi connectivity index (χ4v) is 3.99. The molecule has 0 radical (unpaired) electrons. The van der Waals surface area contributed by atoms with Crippen LogP contribution >= 0.6 is 0 Å². The van der Waals surface area contributed by atoms with E-state index in [1.165, 1.54) is 4.90 Å². The summed E-state index contributed by atoms with van der Waals surface area (Å²) in [6.45, 7) is 12.3. The Morgan fingerprint density at radius 3 is 2.45 bits per heavy atom. The fraction of sp³-hybridized carbons (Fsp3) is 0.750. The first-order valence-electron chi connectivity index (χ1n) is 7.56. The second-order valence-electron chi connectivity index (χ2n) is 7.44. The molecule has 1 rings (SSSR count). The molecule has 0 spiro atoms. The molecule has 6 heteroatoms. The number of carbonyl (C=O) groups excluding carboxylic acids is 1. The van der Waals surface area contributed by atoms with E-state index in [9.17, 15) is 9.59 Å². The summed E-state index contributed by atoms with van der Waals surface area (Å²) in [5.74, 6) is 1.00. The summed E-state index contributed by atoms with van der Waals surface area (Å²) in [6.07, 6.45) is 5.47. The Morgan fingerprint density at radius 2 is 2.05 bits per heavy atom. The van der Waals surface area contributed by atoms with Crippen LogP contribution in [0, 0.1) is 18.3 Å². The Labute approximate surface area is 134 Å². The Morgan fingerprint density at radius 1 is 1.50 bits per heavy atom. The van der Waals surface area contributed by atoms with Gasteiger partial charge >= 0.3 is 5.97 Å². The van der Waals surface area contributed by atoms with Gasteiger partial charge in [0, 0.05) is 6.42 Å². The van der Waals surface area contributed by atoms with E-state index in [1.54, 1.807) is 0 Å². The van der Waals surface area contributed by atoms with E-state index in [2.05, 4.69) is 39.8 Å². The summed E-state index contributed by atoms with van der Waals surface area (Å²) in [6, 6.07) is -0.242. The largest absolute Gasteiger partial charge is 0.480 e. The van der Waals surface area contributed by atoms with Gasteiger partial charge in [-0.2, -0.15) is 0 Å². The predicted molar refractivity (Wildman–Crippen MR) is 87.8 cm³/mol. The quantitative estimate of drug-likeness (QED) is 0.462. The minimum absolute atomic E-state index is 0.0520. The Balaban J connectivity index is 2.85. The molecule has 0 saturated carbocycles. The van der Waals surface area contributed by atoms with Crippen molar-refractivity contribution in [1.82, 2.24) is 4.90 Å². The highest BCUT2D eigenvalue weighted by molar-refractivity contribution is 6.74. The maximum atomic E-state index is 12.3. The maximum Gasteiger partial charge on any atom is 0.323 e. The molecule has 3 atom stereocenters.